The standard InChI is InChI=1S/C34H46N6O4/c1-2-3-20-44-31-21-29-32(33(35)37-31)38-34(43)40(29)23-27-6-4-26(5-7-27)22-39-18-15-25(16-19-39)14-17-36-30(42)13-10-24-8-11-28(41)12-9-24/h4,6-9,11-12,21,25-26,41H,2-3,5,10,13-20,22-23H2,1H3,(H2,35,37)(H,36,42)(H,38,43). The molecular formula is C34H46N6O4. The number of nitrogens with two attached hydrogens (primary N) is 1. The zero-order chi connectivity index (χ0) is 30.9. The van der Waals surface area contributed by atoms with Gasteiger partial charge in [-0.15, -0.1) is 0 Å². The molecule has 1 aliphatic heterocycles. The predicted molar refractivity (Wildman–Crippen MR) is 174 cm³/mol. The summed E-state index contributed by atoms with van der Waals surface area (Å²) in [5.41, 5.74) is 9.35. The number of likely N-dealkylation sites (tertiary alicyclic amines) is 1. The summed E-state index contributed by atoms with van der Waals surface area (Å²) in [6, 6.07) is 8.83. The van der Waals surface area contributed by atoms with Crippen LogP contribution in [0.15, 0.2) is 58.9 Å². The van der Waals surface area contributed by atoms with Crippen LogP contribution in [0.25, 0.3) is 11.0 Å². The molecule has 3 aromatic rings. The highest BCUT2D eigenvalue weighted by atomic mass is 16.5. The summed E-state index contributed by atoms with van der Waals surface area (Å²) >= 11 is 0. The largest absolute Gasteiger partial charge is 0.508 e. The number of nitrogens with zero attached hydrogens (tertiary/aromatic N) is 3. The lowest BCUT2D eigenvalue weighted by Gasteiger charge is -2.34. The number of carbonyl (C=O) groups is 1. The number of aryl methyl sites for hydroxylation is 1. The van der Waals surface area contributed by atoms with Crippen molar-refractivity contribution >= 4 is 22.8 Å². The molecule has 1 saturated heterocycles. The van der Waals surface area contributed by atoms with E-state index in [1.807, 2.05) is 12.1 Å². The number of hydrogen-bond donors (Lipinski definition) is 4. The van der Waals surface area contributed by atoms with E-state index in [1.165, 1.54) is 0 Å². The Balaban J connectivity index is 1.02. The zero-order valence-electron chi connectivity index (χ0n) is 25.8. The number of hydrogen-bond acceptors (Lipinski definition) is 7. The number of unbranched alkanes of at least 4 members (excludes halogenated alkanes) is 1. The molecule has 1 unspecified atom stereocenters. The Kier molecular flexibility index (Phi) is 10.8. The summed E-state index contributed by atoms with van der Waals surface area (Å²) in [6.45, 7) is 7.08. The molecule has 0 radical (unpaired) electrons. The second kappa shape index (κ2) is 15.1. The van der Waals surface area contributed by atoms with Gasteiger partial charge in [-0.05, 0) is 86.7 Å². The highest BCUT2D eigenvalue weighted by molar-refractivity contribution is 5.85. The minimum absolute atomic E-state index is 0.0869. The highest BCUT2D eigenvalue weighted by Gasteiger charge is 2.22. The number of phenols is 1. The van der Waals surface area contributed by atoms with Crippen molar-refractivity contribution in [3.63, 3.8) is 0 Å². The molecule has 2 aliphatic rings. The lowest BCUT2D eigenvalue weighted by Crippen LogP contribution is -2.38. The third kappa shape index (κ3) is 8.53. The first-order chi connectivity index (χ1) is 21.4. The number of pyridine rings is 1. The van der Waals surface area contributed by atoms with Gasteiger partial charge in [0.2, 0.25) is 11.8 Å². The Bertz CT molecular complexity index is 1510. The first-order valence-corrected chi connectivity index (χ1v) is 16.0. The van der Waals surface area contributed by atoms with Crippen molar-refractivity contribution in [3.05, 3.63) is 70.2 Å². The lowest BCUT2D eigenvalue weighted by molar-refractivity contribution is -0.121. The number of amides is 1. The number of rotatable bonds is 14. The van der Waals surface area contributed by atoms with Crippen LogP contribution in [0.4, 0.5) is 5.82 Å². The SMILES string of the molecule is CCCCOc1cc2c([nH]c(=O)n2CC2=CCC(CN3CCC(CCNC(=O)CCc4ccc(O)cc4)CC3)C=C2)c(N)n1. The minimum Gasteiger partial charge on any atom is -0.508 e. The number of ether oxygens (including phenoxy) is 1. The molecule has 1 aromatic carbocycles. The average Bonchev–Trinajstić information content (AvgIpc) is 3.34. The molecular weight excluding hydrogens is 556 g/mol. The van der Waals surface area contributed by atoms with E-state index in [-0.39, 0.29) is 23.2 Å². The third-order valence-electron chi connectivity index (χ3n) is 8.78. The van der Waals surface area contributed by atoms with Crippen molar-refractivity contribution in [3.8, 4) is 11.6 Å². The molecule has 5 rings (SSSR count). The number of nitrogen functional groups attached to an aromatic ring is 1. The molecule has 1 amide bonds. The number of fused-ring (bicyclic) bond motifs is 1. The van der Waals surface area contributed by atoms with Crippen LogP contribution in [-0.2, 0) is 17.8 Å². The van der Waals surface area contributed by atoms with Crippen LogP contribution in [0.3, 0.4) is 0 Å². The van der Waals surface area contributed by atoms with Crippen LogP contribution in [0.2, 0.25) is 0 Å². The molecule has 0 spiro atoms. The number of imidazole rings is 1. The van der Waals surface area contributed by atoms with E-state index < -0.39 is 0 Å². The maximum Gasteiger partial charge on any atom is 0.326 e. The topological polar surface area (TPSA) is 138 Å². The van der Waals surface area contributed by atoms with Crippen molar-refractivity contribution in [2.24, 2.45) is 11.8 Å². The van der Waals surface area contributed by atoms with Crippen molar-refractivity contribution < 1.29 is 14.6 Å². The summed E-state index contributed by atoms with van der Waals surface area (Å²) < 4.78 is 7.47. The monoisotopic (exact) mass is 602 g/mol. The molecule has 10 heteroatoms. The van der Waals surface area contributed by atoms with Gasteiger partial charge >= 0.3 is 5.69 Å². The van der Waals surface area contributed by atoms with Gasteiger partial charge in [-0.1, -0.05) is 43.7 Å². The van der Waals surface area contributed by atoms with E-state index in [1.54, 1.807) is 22.8 Å². The molecule has 2 aromatic heterocycles. The molecule has 236 valence electrons. The first kappa shape index (κ1) is 31.4. The fourth-order valence-electron chi connectivity index (χ4n) is 6.06. The van der Waals surface area contributed by atoms with Gasteiger partial charge in [0, 0.05) is 25.6 Å². The quantitative estimate of drug-likeness (QED) is 0.199. The van der Waals surface area contributed by atoms with Crippen LogP contribution < -0.4 is 21.5 Å². The number of nitrogens with one attached hydrogen (secondary N) is 2. The summed E-state index contributed by atoms with van der Waals surface area (Å²) in [4.78, 5) is 34.7. The van der Waals surface area contributed by atoms with E-state index in [4.69, 9.17) is 10.5 Å². The van der Waals surface area contributed by atoms with E-state index in [9.17, 15) is 14.7 Å². The molecule has 1 fully saturated rings. The predicted octanol–water partition coefficient (Wildman–Crippen LogP) is 4.54. The molecule has 1 aliphatic carbocycles. The Morgan fingerprint density at radius 2 is 2.02 bits per heavy atom. The smallest absolute Gasteiger partial charge is 0.326 e. The van der Waals surface area contributed by atoms with Crippen molar-refractivity contribution in [1.29, 1.82) is 0 Å². The Morgan fingerprint density at radius 1 is 1.23 bits per heavy atom. The molecule has 5 N–H and O–H groups in total. The number of anilines is 1. The van der Waals surface area contributed by atoms with Gasteiger partial charge in [-0.3, -0.25) is 9.36 Å². The maximum absolute atomic E-state index is 12.8. The van der Waals surface area contributed by atoms with Crippen LogP contribution >= 0.6 is 0 Å². The van der Waals surface area contributed by atoms with E-state index >= 15 is 0 Å². The van der Waals surface area contributed by atoms with Crippen LogP contribution in [0, 0.1) is 11.8 Å². The zero-order valence-corrected chi connectivity index (χ0v) is 25.8. The third-order valence-corrected chi connectivity index (χ3v) is 8.78. The number of H-pyrrole nitrogens is 1. The second-order valence-corrected chi connectivity index (χ2v) is 12.1. The fraction of sp³-hybridized carbons (Fsp3) is 0.500. The number of aromatic amines is 1. The minimum atomic E-state index is -0.202. The van der Waals surface area contributed by atoms with Gasteiger partial charge in [0.15, 0.2) is 5.82 Å². The van der Waals surface area contributed by atoms with E-state index in [2.05, 4.69) is 45.3 Å². The van der Waals surface area contributed by atoms with Gasteiger partial charge in [0.1, 0.15) is 11.3 Å². The summed E-state index contributed by atoms with van der Waals surface area (Å²) in [5, 5.41) is 12.5. The molecule has 0 bridgehead atoms. The number of phenolic OH excluding ortho intramolecular Hbond substituents is 1. The molecule has 0 saturated carbocycles. The number of benzene rings is 1. The van der Waals surface area contributed by atoms with E-state index in [0.717, 1.165) is 75.8 Å². The number of aromatic nitrogens is 3. The van der Waals surface area contributed by atoms with Gasteiger partial charge in [-0.2, -0.15) is 4.98 Å². The van der Waals surface area contributed by atoms with Gasteiger partial charge < -0.3 is 30.8 Å². The molecule has 1 atom stereocenters. The Morgan fingerprint density at radius 3 is 2.75 bits per heavy atom. The number of piperidine rings is 1. The Labute approximate surface area is 259 Å². The fourth-order valence-corrected chi connectivity index (χ4v) is 6.06. The van der Waals surface area contributed by atoms with Crippen LogP contribution in [0.5, 0.6) is 11.6 Å². The normalized spacial score (nSPS) is 17.6. The van der Waals surface area contributed by atoms with Gasteiger partial charge in [-0.25, -0.2) is 4.79 Å². The van der Waals surface area contributed by atoms with Crippen molar-refractivity contribution in [1.82, 2.24) is 24.8 Å². The summed E-state index contributed by atoms with van der Waals surface area (Å²) in [5.74, 6) is 2.15. The molecule has 44 heavy (non-hydrogen) atoms. The average molecular weight is 603 g/mol. The van der Waals surface area contributed by atoms with Crippen molar-refractivity contribution in [2.75, 3.05) is 38.5 Å². The molecule has 10 nitrogen and oxygen atoms in total. The van der Waals surface area contributed by atoms with Crippen molar-refractivity contribution in [2.45, 2.75) is 64.8 Å². The van der Waals surface area contributed by atoms with Crippen LogP contribution in [0.1, 0.15) is 57.4 Å². The Hall–Kier alpha value is -4.05. The number of allylic oxidation sites excluding steroid dienone is 3. The second-order valence-electron chi connectivity index (χ2n) is 12.1. The van der Waals surface area contributed by atoms with Gasteiger partial charge in [0.25, 0.3) is 0 Å². The van der Waals surface area contributed by atoms with Crippen LogP contribution in [-0.4, -0.2) is 63.2 Å². The summed E-state index contributed by atoms with van der Waals surface area (Å²) in [6.07, 6.45) is 14.1. The highest BCUT2D eigenvalue weighted by Crippen LogP contribution is 2.26. The number of carbonyl (C=O) groups excluding carboxylic acids is 1. The number of aromatic hydroxyl groups is 1. The van der Waals surface area contributed by atoms with Gasteiger partial charge in [0.05, 0.1) is 18.7 Å². The van der Waals surface area contributed by atoms with E-state index in [0.29, 0.717) is 54.7 Å². The maximum atomic E-state index is 12.8. The summed E-state index contributed by atoms with van der Waals surface area (Å²) in [7, 11) is 0. The lowest BCUT2D eigenvalue weighted by atomic mass is 9.91. The first-order valence-electron chi connectivity index (χ1n) is 16.0. The molecule has 3 heterocycles.